The van der Waals surface area contributed by atoms with E-state index in [1.807, 2.05) is 24.3 Å². The Balaban J connectivity index is 0.000000720. The molecule has 0 bridgehead atoms. The number of ether oxygens (including phenoxy) is 2. The SMILES string of the molecule is [Li+].[c-]1ccccc1C1OCCO1. The zero-order chi connectivity index (χ0) is 7.52. The zero-order valence-electron chi connectivity index (χ0n) is 7.12. The van der Waals surface area contributed by atoms with Gasteiger partial charge in [0, 0.05) is 0 Å². The molecule has 0 amide bonds. The third kappa shape index (κ3) is 2.12. The molecule has 0 aromatic heterocycles. The molecule has 12 heavy (non-hydrogen) atoms. The summed E-state index contributed by atoms with van der Waals surface area (Å²) in [5, 5.41) is 0. The Morgan fingerprint density at radius 2 is 2.00 bits per heavy atom. The molecule has 0 unspecified atom stereocenters. The van der Waals surface area contributed by atoms with Gasteiger partial charge in [-0.3, -0.25) is 0 Å². The van der Waals surface area contributed by atoms with Crippen molar-refractivity contribution < 1.29 is 28.3 Å². The molecule has 1 aliphatic rings. The Bertz CT molecular complexity index is 219. The first kappa shape index (κ1) is 9.82. The molecule has 1 saturated heterocycles. The van der Waals surface area contributed by atoms with Gasteiger partial charge in [0.25, 0.3) is 0 Å². The van der Waals surface area contributed by atoms with Crippen LogP contribution in [0.3, 0.4) is 0 Å². The molecule has 1 fully saturated rings. The predicted octanol–water partition coefficient (Wildman–Crippen LogP) is -1.46. The van der Waals surface area contributed by atoms with E-state index < -0.39 is 0 Å². The quantitative estimate of drug-likeness (QED) is 0.365. The maximum absolute atomic E-state index is 5.29. The topological polar surface area (TPSA) is 18.5 Å². The van der Waals surface area contributed by atoms with Crippen molar-refractivity contribution in [1.29, 1.82) is 0 Å². The fourth-order valence-electron chi connectivity index (χ4n) is 1.09. The molecule has 3 heteroatoms. The normalized spacial score (nSPS) is 17.3. The van der Waals surface area contributed by atoms with Gasteiger partial charge in [-0.1, -0.05) is 0 Å². The Labute approximate surface area is 84.0 Å². The molecule has 0 spiro atoms. The van der Waals surface area contributed by atoms with Crippen molar-refractivity contribution in [2.75, 3.05) is 13.2 Å². The van der Waals surface area contributed by atoms with Crippen LogP contribution in [-0.2, 0) is 9.47 Å². The number of rotatable bonds is 1. The Morgan fingerprint density at radius 1 is 1.25 bits per heavy atom. The maximum atomic E-state index is 5.29. The average Bonchev–Trinajstić information content (AvgIpc) is 2.58. The zero-order valence-corrected chi connectivity index (χ0v) is 7.12. The molecule has 0 saturated carbocycles. The molecule has 1 aromatic rings. The summed E-state index contributed by atoms with van der Waals surface area (Å²) < 4.78 is 10.6. The summed E-state index contributed by atoms with van der Waals surface area (Å²) in [5.41, 5.74) is 0.977. The molecular formula is C9H9LiO2. The van der Waals surface area contributed by atoms with Crippen LogP contribution in [0.15, 0.2) is 24.3 Å². The van der Waals surface area contributed by atoms with Crippen LogP contribution in [-0.4, -0.2) is 13.2 Å². The van der Waals surface area contributed by atoms with E-state index in [2.05, 4.69) is 6.07 Å². The average molecular weight is 156 g/mol. The monoisotopic (exact) mass is 156 g/mol. The fourth-order valence-corrected chi connectivity index (χ4v) is 1.09. The first-order chi connectivity index (χ1) is 5.47. The minimum atomic E-state index is -0.184. The van der Waals surface area contributed by atoms with Gasteiger partial charge < -0.3 is 9.47 Å². The van der Waals surface area contributed by atoms with Crippen LogP contribution in [0.4, 0.5) is 0 Å². The van der Waals surface area contributed by atoms with Crippen LogP contribution >= 0.6 is 0 Å². The van der Waals surface area contributed by atoms with Gasteiger partial charge >= 0.3 is 18.9 Å². The van der Waals surface area contributed by atoms with Crippen molar-refractivity contribution in [2.24, 2.45) is 0 Å². The molecule has 1 aromatic carbocycles. The molecule has 1 aliphatic heterocycles. The van der Waals surface area contributed by atoms with E-state index in [4.69, 9.17) is 9.47 Å². The van der Waals surface area contributed by atoms with Crippen molar-refractivity contribution in [3.8, 4) is 0 Å². The van der Waals surface area contributed by atoms with E-state index in [9.17, 15) is 0 Å². The summed E-state index contributed by atoms with van der Waals surface area (Å²) in [6, 6.07) is 10.8. The van der Waals surface area contributed by atoms with Gasteiger partial charge in [0.2, 0.25) is 0 Å². The van der Waals surface area contributed by atoms with Crippen LogP contribution in [0.2, 0.25) is 0 Å². The van der Waals surface area contributed by atoms with E-state index in [-0.39, 0.29) is 25.2 Å². The van der Waals surface area contributed by atoms with E-state index in [1.54, 1.807) is 0 Å². The van der Waals surface area contributed by atoms with Gasteiger partial charge in [0.1, 0.15) is 0 Å². The molecule has 2 nitrogen and oxygen atoms in total. The van der Waals surface area contributed by atoms with Crippen molar-refractivity contribution in [2.45, 2.75) is 6.29 Å². The number of benzene rings is 1. The third-order valence-electron chi connectivity index (χ3n) is 1.61. The Morgan fingerprint density at radius 3 is 2.58 bits per heavy atom. The van der Waals surface area contributed by atoms with Crippen molar-refractivity contribution >= 4 is 0 Å². The van der Waals surface area contributed by atoms with E-state index in [0.29, 0.717) is 13.2 Å². The minimum Gasteiger partial charge on any atom is -0.348 e. The number of hydrogen-bond donors (Lipinski definition) is 0. The maximum Gasteiger partial charge on any atom is 1.00 e. The molecule has 0 aliphatic carbocycles. The van der Waals surface area contributed by atoms with Crippen molar-refractivity contribution in [1.82, 2.24) is 0 Å². The summed E-state index contributed by atoms with van der Waals surface area (Å²) in [6.07, 6.45) is -0.184. The standard InChI is InChI=1S/C9H9O2.Li/c1-2-4-8(5-3-1)9-10-6-7-11-9;/h1-4,9H,6-7H2;/q-1;+1. The van der Waals surface area contributed by atoms with Gasteiger partial charge in [-0.2, -0.15) is 30.3 Å². The Kier molecular flexibility index (Phi) is 3.84. The summed E-state index contributed by atoms with van der Waals surface area (Å²) in [5.74, 6) is 0. The van der Waals surface area contributed by atoms with Gasteiger partial charge in [0.05, 0.1) is 13.2 Å². The van der Waals surface area contributed by atoms with Gasteiger partial charge in [-0.05, 0) is 0 Å². The summed E-state index contributed by atoms with van der Waals surface area (Å²) in [6.45, 7) is 1.38. The van der Waals surface area contributed by atoms with Crippen LogP contribution in [0.1, 0.15) is 11.9 Å². The van der Waals surface area contributed by atoms with Gasteiger partial charge in [-0.25, -0.2) is 0 Å². The second-order valence-corrected chi connectivity index (χ2v) is 2.39. The fraction of sp³-hybridized carbons (Fsp3) is 0.333. The third-order valence-corrected chi connectivity index (χ3v) is 1.61. The van der Waals surface area contributed by atoms with E-state index in [1.165, 1.54) is 0 Å². The van der Waals surface area contributed by atoms with E-state index in [0.717, 1.165) is 5.56 Å². The Hall–Kier alpha value is -0.263. The van der Waals surface area contributed by atoms with Crippen LogP contribution in [0.5, 0.6) is 0 Å². The summed E-state index contributed by atoms with van der Waals surface area (Å²) >= 11 is 0. The largest absolute Gasteiger partial charge is 1.00 e. The molecular weight excluding hydrogens is 147 g/mol. The van der Waals surface area contributed by atoms with Crippen LogP contribution in [0.25, 0.3) is 0 Å². The van der Waals surface area contributed by atoms with Crippen LogP contribution < -0.4 is 18.9 Å². The smallest absolute Gasteiger partial charge is 0.348 e. The predicted molar refractivity (Wildman–Crippen MR) is 39.9 cm³/mol. The molecule has 2 rings (SSSR count). The van der Waals surface area contributed by atoms with Gasteiger partial charge in [0.15, 0.2) is 6.29 Å². The molecule has 0 radical (unpaired) electrons. The molecule has 0 atom stereocenters. The van der Waals surface area contributed by atoms with Crippen LogP contribution in [0, 0.1) is 6.07 Å². The van der Waals surface area contributed by atoms with Gasteiger partial charge in [-0.15, -0.1) is 5.56 Å². The first-order valence-electron chi connectivity index (χ1n) is 3.66. The second kappa shape index (κ2) is 4.69. The second-order valence-electron chi connectivity index (χ2n) is 2.39. The van der Waals surface area contributed by atoms with Crippen molar-refractivity contribution in [3.05, 3.63) is 35.9 Å². The molecule has 0 N–H and O–H groups in total. The number of hydrogen-bond acceptors (Lipinski definition) is 2. The first-order valence-corrected chi connectivity index (χ1v) is 3.66. The minimum absolute atomic E-state index is 0. The van der Waals surface area contributed by atoms with E-state index >= 15 is 0 Å². The van der Waals surface area contributed by atoms with Crippen molar-refractivity contribution in [3.63, 3.8) is 0 Å². The molecule has 58 valence electrons. The summed E-state index contributed by atoms with van der Waals surface area (Å²) in [7, 11) is 0. The molecule has 1 heterocycles. The summed E-state index contributed by atoms with van der Waals surface area (Å²) in [4.78, 5) is 0.